The molecule has 0 radical (unpaired) electrons. The monoisotopic (exact) mass is 408 g/mol. The Hall–Kier alpha value is -2.36. The maximum atomic E-state index is 12.0. The van der Waals surface area contributed by atoms with E-state index < -0.39 is 28.5 Å². The van der Waals surface area contributed by atoms with Gasteiger partial charge >= 0.3 is 5.97 Å². The van der Waals surface area contributed by atoms with Crippen LogP contribution < -0.4 is 10.0 Å². The average molecular weight is 409 g/mol. The molecule has 0 spiro atoms. The zero-order chi connectivity index (χ0) is 19.7. The first-order valence-corrected chi connectivity index (χ1v) is 10.5. The summed E-state index contributed by atoms with van der Waals surface area (Å²) in [7, 11) is -2.38. The normalized spacial score (nSPS) is 11.0. The fraction of sp³-hybridized carbons (Fsp3) is 0.222. The second kappa shape index (κ2) is 10.1. The summed E-state index contributed by atoms with van der Waals surface area (Å²) in [5.41, 5.74) is 0.0544. The summed E-state index contributed by atoms with van der Waals surface area (Å²) in [4.78, 5) is 24.8. The molecule has 2 aromatic carbocycles. The molecule has 0 aliphatic heterocycles. The second-order valence-electron chi connectivity index (χ2n) is 5.32. The largest absolute Gasteiger partial charge is 0.452 e. The molecule has 0 aliphatic rings. The molecular weight excluding hydrogens is 388 g/mol. The van der Waals surface area contributed by atoms with Crippen molar-refractivity contribution in [2.24, 2.45) is 0 Å². The van der Waals surface area contributed by atoms with Gasteiger partial charge in [-0.3, -0.25) is 4.79 Å². The maximum Gasteiger partial charge on any atom is 0.338 e. The van der Waals surface area contributed by atoms with E-state index in [4.69, 9.17) is 4.74 Å². The van der Waals surface area contributed by atoms with E-state index in [2.05, 4.69) is 10.0 Å². The van der Waals surface area contributed by atoms with Crippen LogP contribution in [-0.2, 0) is 19.6 Å². The maximum absolute atomic E-state index is 12.0. The van der Waals surface area contributed by atoms with Gasteiger partial charge in [0.2, 0.25) is 10.0 Å². The van der Waals surface area contributed by atoms with Crippen LogP contribution in [0.4, 0.5) is 0 Å². The van der Waals surface area contributed by atoms with Gasteiger partial charge in [0.15, 0.2) is 6.61 Å². The molecule has 9 heteroatoms. The molecule has 2 aromatic rings. The number of ether oxygens (including phenoxy) is 1. The fourth-order valence-electron chi connectivity index (χ4n) is 2.05. The van der Waals surface area contributed by atoms with Crippen molar-refractivity contribution in [2.75, 3.05) is 26.0 Å². The van der Waals surface area contributed by atoms with E-state index in [1.165, 1.54) is 31.3 Å². The molecule has 0 saturated carbocycles. The highest BCUT2D eigenvalue weighted by Crippen LogP contribution is 2.15. The smallest absolute Gasteiger partial charge is 0.338 e. The summed E-state index contributed by atoms with van der Waals surface area (Å²) in [6, 6.07) is 15.2. The first-order valence-electron chi connectivity index (χ1n) is 8.07. The molecule has 0 saturated heterocycles. The average Bonchev–Trinajstić information content (AvgIpc) is 2.70. The molecule has 0 fully saturated rings. The van der Waals surface area contributed by atoms with Crippen LogP contribution in [0.25, 0.3) is 0 Å². The van der Waals surface area contributed by atoms with Crippen LogP contribution in [0.1, 0.15) is 10.4 Å². The van der Waals surface area contributed by atoms with E-state index in [1.54, 1.807) is 11.8 Å². The van der Waals surface area contributed by atoms with Crippen molar-refractivity contribution in [3.63, 3.8) is 0 Å². The number of thioether (sulfide) groups is 1. The Labute approximate surface area is 162 Å². The van der Waals surface area contributed by atoms with Crippen LogP contribution in [0.5, 0.6) is 0 Å². The van der Waals surface area contributed by atoms with Gasteiger partial charge in [-0.2, -0.15) is 0 Å². The SMILES string of the molecule is CNS(=O)(=O)c1cccc(C(=O)OCC(=O)NCCSc2ccccc2)c1. The minimum absolute atomic E-state index is 0.0539. The lowest BCUT2D eigenvalue weighted by Gasteiger charge is -2.08. The number of amides is 1. The second-order valence-corrected chi connectivity index (χ2v) is 8.38. The van der Waals surface area contributed by atoms with Crippen molar-refractivity contribution < 1.29 is 22.7 Å². The number of nitrogens with one attached hydrogen (secondary N) is 2. The third-order valence-electron chi connectivity index (χ3n) is 3.42. The molecule has 2 rings (SSSR count). The van der Waals surface area contributed by atoms with Crippen LogP contribution in [0.15, 0.2) is 64.4 Å². The van der Waals surface area contributed by atoms with Crippen molar-refractivity contribution in [3.8, 4) is 0 Å². The first-order chi connectivity index (χ1) is 12.9. The van der Waals surface area contributed by atoms with Gasteiger partial charge in [0.05, 0.1) is 10.5 Å². The van der Waals surface area contributed by atoms with Gasteiger partial charge in [-0.1, -0.05) is 24.3 Å². The Morgan fingerprint density at radius 2 is 1.81 bits per heavy atom. The lowest BCUT2D eigenvalue weighted by molar-refractivity contribution is -0.124. The third-order valence-corrected chi connectivity index (χ3v) is 5.85. The topological polar surface area (TPSA) is 102 Å². The van der Waals surface area contributed by atoms with Crippen molar-refractivity contribution in [1.29, 1.82) is 0 Å². The number of rotatable bonds is 9. The van der Waals surface area contributed by atoms with Gasteiger partial charge in [-0.15, -0.1) is 11.8 Å². The number of esters is 1. The molecule has 0 aliphatic carbocycles. The molecule has 1 amide bonds. The highest BCUT2D eigenvalue weighted by atomic mass is 32.2. The summed E-state index contributed by atoms with van der Waals surface area (Å²) in [6.07, 6.45) is 0. The number of hydrogen-bond donors (Lipinski definition) is 2. The van der Waals surface area contributed by atoms with Crippen LogP contribution in [0.2, 0.25) is 0 Å². The Bertz CT molecular complexity index is 886. The summed E-state index contributed by atoms with van der Waals surface area (Å²) in [5, 5.41) is 2.66. The van der Waals surface area contributed by atoms with E-state index >= 15 is 0 Å². The van der Waals surface area contributed by atoms with Crippen LogP contribution >= 0.6 is 11.8 Å². The first kappa shape index (κ1) is 20.9. The van der Waals surface area contributed by atoms with Crippen molar-refractivity contribution in [2.45, 2.75) is 9.79 Å². The third kappa shape index (κ3) is 6.70. The van der Waals surface area contributed by atoms with Gasteiger partial charge in [-0.25, -0.2) is 17.9 Å². The molecule has 7 nitrogen and oxygen atoms in total. The summed E-state index contributed by atoms with van der Waals surface area (Å²) in [6.45, 7) is 0.00366. The van der Waals surface area contributed by atoms with E-state index in [9.17, 15) is 18.0 Å². The quantitative estimate of drug-likeness (QED) is 0.372. The predicted octanol–water partition coefficient (Wildman–Crippen LogP) is 1.66. The Kier molecular flexibility index (Phi) is 7.83. The van der Waals surface area contributed by atoms with E-state index in [0.717, 1.165) is 4.90 Å². The standard InChI is InChI=1S/C18H20N2O5S2/c1-19-27(23,24)16-9-5-6-14(12-16)18(22)25-13-17(21)20-10-11-26-15-7-3-2-4-8-15/h2-9,12,19H,10-11,13H2,1H3,(H,20,21). The van der Waals surface area contributed by atoms with Crippen LogP contribution in [0, 0.1) is 0 Å². The van der Waals surface area contributed by atoms with Gasteiger partial charge < -0.3 is 10.1 Å². The minimum Gasteiger partial charge on any atom is -0.452 e. The summed E-state index contributed by atoms with van der Waals surface area (Å²) >= 11 is 1.60. The number of carbonyl (C=O) groups excluding carboxylic acids is 2. The van der Waals surface area contributed by atoms with Crippen LogP contribution in [-0.4, -0.2) is 46.2 Å². The molecular formula is C18H20N2O5S2. The van der Waals surface area contributed by atoms with Crippen molar-refractivity contribution in [1.82, 2.24) is 10.0 Å². The lowest BCUT2D eigenvalue weighted by atomic mass is 10.2. The molecule has 0 aromatic heterocycles. The van der Waals surface area contributed by atoms with E-state index in [1.807, 2.05) is 30.3 Å². The highest BCUT2D eigenvalue weighted by molar-refractivity contribution is 7.99. The highest BCUT2D eigenvalue weighted by Gasteiger charge is 2.15. The number of carbonyl (C=O) groups is 2. The number of sulfonamides is 1. The zero-order valence-electron chi connectivity index (χ0n) is 14.7. The molecule has 144 valence electrons. The van der Waals surface area contributed by atoms with Crippen molar-refractivity contribution in [3.05, 3.63) is 60.2 Å². The Morgan fingerprint density at radius 1 is 1.07 bits per heavy atom. The lowest BCUT2D eigenvalue weighted by Crippen LogP contribution is -2.30. The Morgan fingerprint density at radius 3 is 2.52 bits per heavy atom. The van der Waals surface area contributed by atoms with Crippen molar-refractivity contribution >= 4 is 33.7 Å². The van der Waals surface area contributed by atoms with Crippen LogP contribution in [0.3, 0.4) is 0 Å². The predicted molar refractivity (Wildman–Crippen MR) is 103 cm³/mol. The minimum atomic E-state index is -3.66. The zero-order valence-corrected chi connectivity index (χ0v) is 16.3. The Balaban J connectivity index is 1.76. The van der Waals surface area contributed by atoms with Gasteiger partial charge in [0.1, 0.15) is 0 Å². The van der Waals surface area contributed by atoms with Gasteiger partial charge in [0, 0.05) is 17.2 Å². The van der Waals surface area contributed by atoms with E-state index in [-0.39, 0.29) is 10.5 Å². The molecule has 27 heavy (non-hydrogen) atoms. The molecule has 2 N–H and O–H groups in total. The molecule has 0 bridgehead atoms. The summed E-state index contributed by atoms with van der Waals surface area (Å²) in [5.74, 6) is -0.499. The number of benzene rings is 2. The van der Waals surface area contributed by atoms with Gasteiger partial charge in [-0.05, 0) is 37.4 Å². The molecule has 0 unspecified atom stereocenters. The fourth-order valence-corrected chi connectivity index (χ4v) is 3.61. The van der Waals surface area contributed by atoms with Gasteiger partial charge in [0.25, 0.3) is 5.91 Å². The van der Waals surface area contributed by atoms with E-state index in [0.29, 0.717) is 12.3 Å². The number of hydrogen-bond acceptors (Lipinski definition) is 6. The molecule has 0 atom stereocenters. The molecule has 0 heterocycles. The summed E-state index contributed by atoms with van der Waals surface area (Å²) < 4.78 is 30.6.